The summed E-state index contributed by atoms with van der Waals surface area (Å²) in [6.45, 7) is 3.15. The number of Topliss-reactive ketones (excluding diaryl/α,β-unsaturated/α-hetero) is 1. The molecule has 1 aliphatic rings. The lowest BCUT2D eigenvalue weighted by Gasteiger charge is -2.28. The maximum atomic E-state index is 12.7. The van der Waals surface area contributed by atoms with Crippen LogP contribution in [0.3, 0.4) is 0 Å². The van der Waals surface area contributed by atoms with Crippen molar-refractivity contribution in [3.05, 3.63) is 64.7 Å². The molecular formula is C19H20BrClN2OS. The fourth-order valence-corrected chi connectivity index (χ4v) is 3.69. The number of carbonyl (C=O) groups excluding carboxylic acids is 1. The number of aryl methyl sites for hydroxylation is 1. The molecule has 2 aromatic rings. The van der Waals surface area contributed by atoms with Crippen LogP contribution in [0.1, 0.15) is 22.3 Å². The van der Waals surface area contributed by atoms with Gasteiger partial charge in [-0.25, -0.2) is 0 Å². The number of benzene rings is 2. The number of halogens is 2. The molecule has 0 bridgehead atoms. The number of carbonyl (C=O) groups is 1. The third-order valence-corrected chi connectivity index (χ3v) is 5.24. The molecular weight excluding hydrogens is 420 g/mol. The molecule has 0 fully saturated rings. The smallest absolute Gasteiger partial charge is 0.182 e. The van der Waals surface area contributed by atoms with E-state index in [4.69, 9.17) is 11.6 Å². The quantitative estimate of drug-likeness (QED) is 0.597. The van der Waals surface area contributed by atoms with Crippen molar-refractivity contribution < 1.29 is 4.79 Å². The van der Waals surface area contributed by atoms with Crippen molar-refractivity contribution in [3.63, 3.8) is 0 Å². The first-order valence-corrected chi connectivity index (χ1v) is 9.31. The van der Waals surface area contributed by atoms with Crippen molar-refractivity contribution in [2.75, 3.05) is 23.7 Å². The molecule has 3 nitrogen and oxygen atoms in total. The van der Waals surface area contributed by atoms with Gasteiger partial charge in [0.1, 0.15) is 0 Å². The SMILES string of the molecule is Br.Cc1ccccc1N(CC(=O)c1ccc(Cl)cc1)C1=NCCCS1. The third-order valence-electron chi connectivity index (χ3n) is 3.89. The van der Waals surface area contributed by atoms with Crippen molar-refractivity contribution >= 4 is 57.0 Å². The Morgan fingerprint density at radius 2 is 1.92 bits per heavy atom. The van der Waals surface area contributed by atoms with Crippen LogP contribution >= 0.6 is 40.3 Å². The summed E-state index contributed by atoms with van der Waals surface area (Å²) in [6.07, 6.45) is 1.08. The number of nitrogens with zero attached hydrogens (tertiary/aromatic N) is 2. The van der Waals surface area contributed by atoms with Gasteiger partial charge in [0.25, 0.3) is 0 Å². The fourth-order valence-electron chi connectivity index (χ4n) is 2.60. The number of aliphatic imine (C=N–C) groups is 1. The number of ketones is 1. The van der Waals surface area contributed by atoms with E-state index in [1.807, 2.05) is 23.1 Å². The molecule has 0 radical (unpaired) electrons. The molecule has 0 saturated heterocycles. The lowest BCUT2D eigenvalue weighted by atomic mass is 10.1. The first kappa shape index (κ1) is 20.0. The molecule has 132 valence electrons. The highest BCUT2D eigenvalue weighted by Gasteiger charge is 2.21. The van der Waals surface area contributed by atoms with Gasteiger partial charge < -0.3 is 4.90 Å². The summed E-state index contributed by atoms with van der Waals surface area (Å²) in [7, 11) is 0. The normalized spacial score (nSPS) is 13.6. The van der Waals surface area contributed by atoms with Gasteiger partial charge in [-0.1, -0.05) is 41.6 Å². The van der Waals surface area contributed by atoms with E-state index in [2.05, 4.69) is 18.0 Å². The molecule has 2 aromatic carbocycles. The topological polar surface area (TPSA) is 32.7 Å². The van der Waals surface area contributed by atoms with Crippen LogP contribution in [0.25, 0.3) is 0 Å². The Morgan fingerprint density at radius 1 is 1.20 bits per heavy atom. The van der Waals surface area contributed by atoms with Crippen LogP contribution in [0.15, 0.2) is 53.5 Å². The van der Waals surface area contributed by atoms with E-state index in [1.54, 1.807) is 36.0 Å². The Bertz CT molecular complexity index is 764. The fraction of sp³-hybridized carbons (Fsp3) is 0.263. The summed E-state index contributed by atoms with van der Waals surface area (Å²) in [5.74, 6) is 1.10. The van der Waals surface area contributed by atoms with E-state index >= 15 is 0 Å². The maximum absolute atomic E-state index is 12.7. The third kappa shape index (κ3) is 5.09. The van der Waals surface area contributed by atoms with E-state index < -0.39 is 0 Å². The minimum absolute atomic E-state index is 0. The Hall–Kier alpha value is -1.30. The summed E-state index contributed by atoms with van der Waals surface area (Å²) < 4.78 is 0. The first-order chi connectivity index (χ1) is 11.6. The van der Waals surface area contributed by atoms with Crippen LogP contribution < -0.4 is 4.90 Å². The Morgan fingerprint density at radius 3 is 2.56 bits per heavy atom. The number of amidine groups is 1. The number of hydrogen-bond donors (Lipinski definition) is 0. The zero-order valence-corrected chi connectivity index (χ0v) is 17.2. The van der Waals surface area contributed by atoms with Gasteiger partial charge in [-0.3, -0.25) is 9.79 Å². The van der Waals surface area contributed by atoms with E-state index in [9.17, 15) is 4.79 Å². The predicted molar refractivity (Wildman–Crippen MR) is 114 cm³/mol. The number of hydrogen-bond acceptors (Lipinski definition) is 4. The molecule has 0 amide bonds. The van der Waals surface area contributed by atoms with Crippen molar-refractivity contribution in [2.45, 2.75) is 13.3 Å². The monoisotopic (exact) mass is 438 g/mol. The zero-order valence-electron chi connectivity index (χ0n) is 13.9. The average Bonchev–Trinajstić information content (AvgIpc) is 2.61. The highest BCUT2D eigenvalue weighted by molar-refractivity contribution is 8.93. The summed E-state index contributed by atoms with van der Waals surface area (Å²) in [5.41, 5.74) is 2.84. The van der Waals surface area contributed by atoms with Crippen LogP contribution in [0.5, 0.6) is 0 Å². The van der Waals surface area contributed by atoms with Crippen molar-refractivity contribution in [3.8, 4) is 0 Å². The van der Waals surface area contributed by atoms with E-state index in [0.717, 1.165) is 35.1 Å². The molecule has 0 unspecified atom stereocenters. The first-order valence-electron chi connectivity index (χ1n) is 7.94. The molecule has 1 aliphatic heterocycles. The Labute approximate surface area is 168 Å². The van der Waals surface area contributed by atoms with E-state index in [-0.39, 0.29) is 29.3 Å². The molecule has 0 saturated carbocycles. The molecule has 0 atom stereocenters. The number of para-hydroxylation sites is 1. The van der Waals surface area contributed by atoms with Crippen molar-refractivity contribution in [1.29, 1.82) is 0 Å². The number of rotatable bonds is 4. The summed E-state index contributed by atoms with van der Waals surface area (Å²) in [5, 5.41) is 1.56. The van der Waals surface area contributed by atoms with Gasteiger partial charge in [-0.05, 0) is 49.2 Å². The predicted octanol–water partition coefficient (Wildman–Crippen LogP) is 5.41. The lowest BCUT2D eigenvalue weighted by Crippen LogP contribution is -2.36. The van der Waals surface area contributed by atoms with Crippen molar-refractivity contribution in [1.82, 2.24) is 0 Å². The molecule has 25 heavy (non-hydrogen) atoms. The van der Waals surface area contributed by atoms with Crippen molar-refractivity contribution in [2.24, 2.45) is 4.99 Å². The summed E-state index contributed by atoms with van der Waals surface area (Å²) >= 11 is 7.63. The van der Waals surface area contributed by atoms with Crippen LogP contribution in [0, 0.1) is 6.92 Å². The number of anilines is 1. The molecule has 0 aliphatic carbocycles. The summed E-state index contributed by atoms with van der Waals surface area (Å²) in [6, 6.07) is 15.2. The average molecular weight is 440 g/mol. The highest BCUT2D eigenvalue weighted by atomic mass is 79.9. The second-order valence-electron chi connectivity index (χ2n) is 5.67. The van der Waals surface area contributed by atoms with Gasteiger partial charge in [0.2, 0.25) is 0 Å². The molecule has 3 rings (SSSR count). The second-order valence-corrected chi connectivity index (χ2v) is 7.17. The molecule has 0 spiro atoms. The lowest BCUT2D eigenvalue weighted by molar-refractivity contribution is 0.100. The molecule has 1 heterocycles. The van der Waals surface area contributed by atoms with Crippen LogP contribution in [-0.4, -0.2) is 29.8 Å². The largest absolute Gasteiger partial charge is 0.313 e. The summed E-state index contributed by atoms with van der Waals surface area (Å²) in [4.78, 5) is 19.4. The molecule has 6 heteroatoms. The second kappa shape index (κ2) is 9.41. The Kier molecular flexibility index (Phi) is 7.54. The standard InChI is InChI=1S/C19H19ClN2OS.BrH/c1-14-5-2-3-6-17(14)22(19-21-11-4-12-24-19)13-18(23)15-7-9-16(20)10-8-15;/h2-3,5-10H,4,11-13H2,1H3;1H. The molecule has 0 aromatic heterocycles. The molecule has 0 N–H and O–H groups in total. The van der Waals surface area contributed by atoms with Crippen LogP contribution in [0.4, 0.5) is 5.69 Å². The maximum Gasteiger partial charge on any atom is 0.182 e. The van der Waals surface area contributed by atoms with Gasteiger partial charge in [-0.15, -0.1) is 17.0 Å². The zero-order chi connectivity index (χ0) is 16.9. The van der Waals surface area contributed by atoms with Gasteiger partial charge in [0.05, 0.1) is 6.54 Å². The van der Waals surface area contributed by atoms with Gasteiger partial charge in [0, 0.05) is 28.6 Å². The van der Waals surface area contributed by atoms with Crippen LogP contribution in [-0.2, 0) is 0 Å². The van der Waals surface area contributed by atoms with Gasteiger partial charge in [-0.2, -0.15) is 0 Å². The van der Waals surface area contributed by atoms with Crippen LogP contribution in [0.2, 0.25) is 5.02 Å². The van der Waals surface area contributed by atoms with E-state index in [0.29, 0.717) is 10.6 Å². The number of thioether (sulfide) groups is 1. The minimum atomic E-state index is 0. The van der Waals surface area contributed by atoms with Gasteiger partial charge >= 0.3 is 0 Å². The highest BCUT2D eigenvalue weighted by Crippen LogP contribution is 2.26. The minimum Gasteiger partial charge on any atom is -0.313 e. The Balaban J connectivity index is 0.00000225. The van der Waals surface area contributed by atoms with Gasteiger partial charge in [0.15, 0.2) is 11.0 Å². The van der Waals surface area contributed by atoms with E-state index in [1.165, 1.54) is 0 Å².